The lowest BCUT2D eigenvalue weighted by Gasteiger charge is -2.22. The Labute approximate surface area is 661 Å². The maximum atomic E-state index is 3.58. The number of nitrogens with zero attached hydrogens (tertiary/aromatic N) is 3. The Kier molecular flexibility index (Phi) is 15.9. The monoisotopic (exact) mass is 1500 g/mol. The van der Waals surface area contributed by atoms with E-state index in [1.54, 1.807) is 0 Å². The van der Waals surface area contributed by atoms with Crippen LogP contribution in [0.25, 0.3) is 180 Å². The first-order chi connectivity index (χ1) is 54.9. The highest BCUT2D eigenvalue weighted by Crippen LogP contribution is 2.55. The molecule has 0 fully saturated rings. The molecular weight excluding hydrogens is 1420 g/mol. The fourth-order valence-electron chi connectivity index (χ4n) is 19.8. The summed E-state index contributed by atoms with van der Waals surface area (Å²) in [6.45, 7) is 13.9. The molecule has 0 bridgehead atoms. The minimum atomic E-state index is -0.109. The minimum absolute atomic E-state index is 0.0485. The van der Waals surface area contributed by atoms with Gasteiger partial charge in [0.25, 0.3) is 0 Å². The Morgan fingerprint density at radius 2 is 0.580 bits per heavy atom. The Morgan fingerprint density at radius 3 is 1.10 bits per heavy atom. The van der Waals surface area contributed by atoms with Gasteiger partial charge in [0, 0.05) is 64.7 Å². The summed E-state index contributed by atoms with van der Waals surface area (Å²) in [7, 11) is 0. The Balaban J connectivity index is 0.000000114. The molecule has 0 unspecified atom stereocenters. The molecule has 3 heterocycles. The van der Waals surface area contributed by atoms with Crippen molar-refractivity contribution in [2.45, 2.75) is 78.1 Å². The molecule has 0 radical (unpaired) electrons. The average Bonchev–Trinajstić information content (AvgIpc) is 1.55. The molecule has 112 heavy (non-hydrogen) atoms. The normalized spacial score (nSPS) is 13.3. The van der Waals surface area contributed by atoms with Gasteiger partial charge in [-0.05, 0) is 241 Å². The largest absolute Gasteiger partial charge is 0.309 e. The second kappa shape index (κ2) is 26.3. The zero-order valence-electron chi connectivity index (χ0n) is 63.9. The van der Waals surface area contributed by atoms with Gasteiger partial charge in [0.2, 0.25) is 0 Å². The molecule has 0 saturated heterocycles. The molecule has 4 heteroatoms. The molecule has 0 spiro atoms. The number of hydrogen-bond donors (Lipinski definition) is 0. The third-order valence-electron chi connectivity index (χ3n) is 25.1. The third kappa shape index (κ3) is 10.4. The highest BCUT2D eigenvalue weighted by Gasteiger charge is 2.39. The van der Waals surface area contributed by atoms with E-state index >= 15 is 0 Å². The van der Waals surface area contributed by atoms with Crippen molar-refractivity contribution in [3.8, 4) is 50.4 Å². The molecular formula is C108H82BrN3. The van der Waals surface area contributed by atoms with E-state index in [4.69, 9.17) is 0 Å². The van der Waals surface area contributed by atoms with Crippen LogP contribution in [-0.2, 0) is 17.3 Å². The van der Waals surface area contributed by atoms with E-state index in [1.807, 2.05) is 6.07 Å². The number of para-hydroxylation sites is 4. The van der Waals surface area contributed by atoms with Crippen molar-refractivity contribution in [1.82, 2.24) is 13.7 Å². The summed E-state index contributed by atoms with van der Waals surface area (Å²) in [6.07, 6.45) is 5.09. The maximum Gasteiger partial charge on any atom is 0.0561 e. The quantitative estimate of drug-likeness (QED) is 0.153. The number of benzene rings is 18. The first-order valence-corrected chi connectivity index (χ1v) is 40.7. The summed E-state index contributed by atoms with van der Waals surface area (Å²) in [6, 6.07) is 126. The van der Waals surface area contributed by atoms with Gasteiger partial charge in [-0.15, -0.1) is 0 Å². The topological polar surface area (TPSA) is 14.8 Å². The van der Waals surface area contributed by atoms with E-state index in [0.717, 1.165) is 16.6 Å². The predicted octanol–water partition coefficient (Wildman–Crippen LogP) is 30.4. The lowest BCUT2D eigenvalue weighted by atomic mass is 9.81. The van der Waals surface area contributed by atoms with E-state index < -0.39 is 0 Å². The van der Waals surface area contributed by atoms with Crippen LogP contribution in [0.1, 0.15) is 94.2 Å². The van der Waals surface area contributed by atoms with Crippen molar-refractivity contribution in [1.29, 1.82) is 0 Å². The van der Waals surface area contributed by atoms with Gasteiger partial charge in [0.05, 0.1) is 33.1 Å². The van der Waals surface area contributed by atoms with Crippen LogP contribution >= 0.6 is 15.9 Å². The fraction of sp³-hybridized carbons (Fsp3) is 0.111. The van der Waals surface area contributed by atoms with Gasteiger partial charge >= 0.3 is 0 Å². The summed E-state index contributed by atoms with van der Waals surface area (Å²) in [5.74, 6) is 0. The third-order valence-corrected chi connectivity index (χ3v) is 25.6. The summed E-state index contributed by atoms with van der Waals surface area (Å²) >= 11 is 3.58. The minimum Gasteiger partial charge on any atom is -0.309 e. The van der Waals surface area contributed by atoms with Crippen molar-refractivity contribution < 1.29 is 0 Å². The van der Waals surface area contributed by atoms with Gasteiger partial charge in [-0.1, -0.05) is 313 Å². The number of aromatic nitrogens is 3. The lowest BCUT2D eigenvalue weighted by Crippen LogP contribution is -2.15. The second-order valence-corrected chi connectivity index (χ2v) is 33.0. The molecule has 536 valence electrons. The summed E-state index contributed by atoms with van der Waals surface area (Å²) in [5, 5.41) is 23.6. The van der Waals surface area contributed by atoms with Gasteiger partial charge < -0.3 is 13.7 Å². The van der Waals surface area contributed by atoms with Gasteiger partial charge in [0.1, 0.15) is 0 Å². The molecule has 3 aromatic heterocycles. The average molecular weight is 1500 g/mol. The Hall–Kier alpha value is -12.6. The number of hydrogen-bond acceptors (Lipinski definition) is 0. The molecule has 0 aliphatic heterocycles. The SMILES string of the molecule is Brc1ccc2c3ccccc3n(-c3ccccc3)c2c1.CC1(C)c2ccccc2-c2cc3c(cc21)Cc1cc2c4ccccc4c4ccccc4c2cc1-3.CC1(C)c2ccccc2-c2cc3c4cc5c6ccccc6c6ccccc6c5cc4n(-c4ccc5c6ccccc6n(-c6ccccc6)c5c4)c3cc21.CCCCC. The van der Waals surface area contributed by atoms with E-state index in [2.05, 4.69) is 405 Å². The molecule has 18 aromatic carbocycles. The zero-order valence-corrected chi connectivity index (χ0v) is 65.5. The first kappa shape index (κ1) is 67.5. The molecule has 3 aliphatic rings. The van der Waals surface area contributed by atoms with Crippen molar-refractivity contribution in [3.63, 3.8) is 0 Å². The fourth-order valence-corrected chi connectivity index (χ4v) is 20.1. The predicted molar refractivity (Wildman–Crippen MR) is 484 cm³/mol. The van der Waals surface area contributed by atoms with Crippen molar-refractivity contribution in [2.75, 3.05) is 0 Å². The smallest absolute Gasteiger partial charge is 0.0561 e. The number of halogens is 1. The van der Waals surface area contributed by atoms with Crippen molar-refractivity contribution >= 4 is 146 Å². The van der Waals surface area contributed by atoms with E-state index in [9.17, 15) is 0 Å². The van der Waals surface area contributed by atoms with Gasteiger partial charge in [-0.2, -0.15) is 0 Å². The van der Waals surface area contributed by atoms with Crippen molar-refractivity contribution in [2.24, 2.45) is 0 Å². The van der Waals surface area contributed by atoms with Crippen LogP contribution < -0.4 is 0 Å². The van der Waals surface area contributed by atoms with E-state index in [0.29, 0.717) is 0 Å². The molecule has 0 N–H and O–H groups in total. The number of rotatable bonds is 5. The summed E-state index contributed by atoms with van der Waals surface area (Å²) in [4.78, 5) is 0. The summed E-state index contributed by atoms with van der Waals surface area (Å²) in [5.41, 5.74) is 27.8. The molecule has 21 aromatic rings. The summed E-state index contributed by atoms with van der Waals surface area (Å²) < 4.78 is 8.38. The second-order valence-electron chi connectivity index (χ2n) is 32.1. The van der Waals surface area contributed by atoms with E-state index in [1.165, 1.54) is 227 Å². The van der Waals surface area contributed by atoms with Crippen LogP contribution in [0.5, 0.6) is 0 Å². The van der Waals surface area contributed by atoms with Gasteiger partial charge in [0.15, 0.2) is 0 Å². The number of unbranched alkanes of at least 4 members (excludes halogenated alkanes) is 2. The molecule has 0 saturated carbocycles. The van der Waals surface area contributed by atoms with Gasteiger partial charge in [-0.3, -0.25) is 0 Å². The van der Waals surface area contributed by atoms with Crippen LogP contribution in [0.2, 0.25) is 0 Å². The maximum absolute atomic E-state index is 3.58. The van der Waals surface area contributed by atoms with Crippen LogP contribution in [0.4, 0.5) is 0 Å². The molecule has 0 atom stereocenters. The van der Waals surface area contributed by atoms with Gasteiger partial charge in [-0.25, -0.2) is 0 Å². The van der Waals surface area contributed by atoms with Crippen LogP contribution in [0.15, 0.2) is 344 Å². The Morgan fingerprint density at radius 1 is 0.232 bits per heavy atom. The highest BCUT2D eigenvalue weighted by molar-refractivity contribution is 9.10. The standard InChI is InChI=1S/C51H34N2.C34H24.C18H12BrN.C5H12/c1-51(2)45-22-12-10-20-37(45)42-28-44-43-27-40-35-18-8-6-16-33(35)34-17-7-9-19-36(34)41(40)29-49(43)53(50(44)30-46(42)51)32-24-25-39-38-21-11-13-23-47(38)52(48(39)26-32)31-14-4-3-5-15-31;1-34(2)32-14-8-7-13-26(32)31-19-28-21(17-33(31)34)15-20-16-29-24-11-5-3-9-22(24)23-10-4-6-12-25(23)30(29)18-27(20)28;19-13-10-11-16-15-8-4-5-9-17(15)20(18(16)12-13)14-6-2-1-3-7-14;1-3-5-4-2/h3-30H,1-2H3;3-14,16-19H,15H2,1-2H3;1-12H;3-5H2,1-2H3. The first-order valence-electron chi connectivity index (χ1n) is 39.9. The Bertz CT molecular complexity index is 7470. The molecule has 0 amide bonds. The molecule has 3 aliphatic carbocycles. The van der Waals surface area contributed by atoms with Crippen LogP contribution in [-0.4, -0.2) is 13.7 Å². The van der Waals surface area contributed by atoms with Crippen molar-refractivity contribution in [3.05, 3.63) is 378 Å². The van der Waals surface area contributed by atoms with Crippen LogP contribution in [0.3, 0.4) is 0 Å². The number of fused-ring (bicyclic) bond motifs is 30. The molecule has 24 rings (SSSR count). The van der Waals surface area contributed by atoms with E-state index in [-0.39, 0.29) is 10.8 Å². The lowest BCUT2D eigenvalue weighted by molar-refractivity contribution is 0.659. The highest BCUT2D eigenvalue weighted by atomic mass is 79.9. The molecule has 3 nitrogen and oxygen atoms in total. The zero-order chi connectivity index (χ0) is 75.3. The van der Waals surface area contributed by atoms with Crippen LogP contribution in [0, 0.1) is 0 Å².